The van der Waals surface area contributed by atoms with Gasteiger partial charge in [0.2, 0.25) is 0 Å². The van der Waals surface area contributed by atoms with Crippen LogP contribution in [0.5, 0.6) is 0 Å². The van der Waals surface area contributed by atoms with Crippen molar-refractivity contribution in [1.29, 1.82) is 0 Å². The Hall–Kier alpha value is 1.66. The third kappa shape index (κ3) is 6.13. The van der Waals surface area contributed by atoms with Gasteiger partial charge in [-0.3, -0.25) is 0 Å². The molecule has 0 unspecified atom stereocenters. The third-order valence-corrected chi connectivity index (χ3v) is 11.5. The predicted molar refractivity (Wildman–Crippen MR) is 149 cm³/mol. The lowest BCUT2D eigenvalue weighted by atomic mass is 10.1. The Balaban J connectivity index is 0.000000170. The van der Waals surface area contributed by atoms with Crippen LogP contribution >= 0.6 is 139 Å². The maximum atomic E-state index is 5.73. The summed E-state index contributed by atoms with van der Waals surface area (Å²) in [7, 11) is 0. The van der Waals surface area contributed by atoms with Gasteiger partial charge in [-0.05, 0) is 35.1 Å². The molecule has 0 spiro atoms. The van der Waals surface area contributed by atoms with Crippen molar-refractivity contribution in [3.8, 4) is 0 Å². The Bertz CT molecular complexity index is 853. The molecule has 2 aliphatic rings. The maximum absolute atomic E-state index is 5.73. The molecule has 0 saturated carbocycles. The molecular formula is C20H12Cl12. The van der Waals surface area contributed by atoms with Crippen LogP contribution in [0.1, 0.15) is 0 Å². The van der Waals surface area contributed by atoms with Crippen LogP contribution in [0.25, 0.3) is 10.8 Å². The first-order chi connectivity index (χ1) is 14.4. The molecule has 0 radical (unpaired) electrons. The van der Waals surface area contributed by atoms with E-state index in [0.717, 1.165) is 0 Å². The monoisotopic (exact) mass is 672 g/mol. The van der Waals surface area contributed by atoms with Crippen molar-refractivity contribution in [2.75, 3.05) is 0 Å². The van der Waals surface area contributed by atoms with Crippen molar-refractivity contribution >= 4 is 150 Å². The third-order valence-electron chi connectivity index (χ3n) is 4.34. The van der Waals surface area contributed by atoms with Gasteiger partial charge in [-0.15, -0.1) is 0 Å². The molecule has 0 aromatic heterocycles. The maximum Gasteiger partial charge on any atom is 0.190 e. The summed E-state index contributed by atoms with van der Waals surface area (Å²) in [6.45, 7) is 0. The van der Waals surface area contributed by atoms with Gasteiger partial charge in [-0.2, -0.15) is 0 Å². The molecule has 0 amide bonds. The highest BCUT2D eigenvalue weighted by molar-refractivity contribution is 6.72. The standard InChI is InChI=1S/C10H8.2C5H2Cl6/c1-2-6-10-8-4-3-7-9(10)5-1;2*6-3(7)1-2-4(8,9)5(3,10)11/h1-8H;2*1-2H. The molecule has 12 heteroatoms. The predicted octanol–water partition coefficient (Wildman–Crippen LogP) is 11.0. The quantitative estimate of drug-likeness (QED) is 0.192. The highest BCUT2D eigenvalue weighted by atomic mass is 35.6. The van der Waals surface area contributed by atoms with Crippen molar-refractivity contribution in [1.82, 2.24) is 0 Å². The molecule has 0 fully saturated rings. The first kappa shape index (κ1) is 29.9. The molecule has 0 bridgehead atoms. The van der Waals surface area contributed by atoms with Crippen molar-refractivity contribution in [2.24, 2.45) is 0 Å². The van der Waals surface area contributed by atoms with Gasteiger partial charge in [-0.1, -0.05) is 188 Å². The van der Waals surface area contributed by atoms with Crippen LogP contribution in [0, 0.1) is 0 Å². The van der Waals surface area contributed by atoms with E-state index in [1.165, 1.54) is 35.1 Å². The lowest BCUT2D eigenvalue weighted by molar-refractivity contribution is 0.772. The minimum absolute atomic E-state index is 1.31. The van der Waals surface area contributed by atoms with Gasteiger partial charge < -0.3 is 0 Å². The summed E-state index contributed by atoms with van der Waals surface area (Å²) in [5.41, 5.74) is 0. The van der Waals surface area contributed by atoms with Crippen LogP contribution in [-0.4, -0.2) is 26.0 Å². The SMILES string of the molecule is ClC1(Cl)C=CC(Cl)(Cl)C1(Cl)Cl.ClC1(Cl)C=CC(Cl)(Cl)C1(Cl)Cl.c1ccc2ccccc2c1. The molecule has 2 aromatic rings. The summed E-state index contributed by atoms with van der Waals surface area (Å²) in [5, 5.41) is 2.62. The van der Waals surface area contributed by atoms with E-state index in [-0.39, 0.29) is 0 Å². The smallest absolute Gasteiger partial charge is 0.0941 e. The van der Waals surface area contributed by atoms with E-state index in [9.17, 15) is 0 Å². The molecule has 0 nitrogen and oxygen atoms in total. The fourth-order valence-corrected chi connectivity index (χ4v) is 5.00. The normalized spacial score (nSPS) is 24.2. The average Bonchev–Trinajstić information content (AvgIpc) is 2.95. The fourth-order valence-electron chi connectivity index (χ4n) is 2.41. The van der Waals surface area contributed by atoms with E-state index in [1.54, 1.807) is 0 Å². The second-order valence-corrected chi connectivity index (χ2v) is 14.9. The van der Waals surface area contributed by atoms with Gasteiger partial charge in [0.05, 0.1) is 0 Å². The highest BCUT2D eigenvalue weighted by Crippen LogP contribution is 2.60. The number of fused-ring (bicyclic) bond motifs is 1. The number of alkyl halides is 12. The molecule has 0 heterocycles. The van der Waals surface area contributed by atoms with Crippen molar-refractivity contribution in [3.63, 3.8) is 0 Å². The minimum Gasteiger partial charge on any atom is -0.0941 e. The van der Waals surface area contributed by atoms with E-state index in [2.05, 4.69) is 48.5 Å². The van der Waals surface area contributed by atoms with Gasteiger partial charge in [0.1, 0.15) is 0 Å². The second kappa shape index (κ2) is 10.6. The number of benzene rings is 2. The van der Waals surface area contributed by atoms with Crippen molar-refractivity contribution < 1.29 is 0 Å². The van der Waals surface area contributed by atoms with E-state index in [1.807, 2.05) is 0 Å². The van der Waals surface area contributed by atoms with Gasteiger partial charge >= 0.3 is 0 Å². The Kier molecular flexibility index (Phi) is 9.87. The second-order valence-electron chi connectivity index (χ2n) is 6.65. The van der Waals surface area contributed by atoms with Crippen LogP contribution < -0.4 is 0 Å². The Morgan fingerprint density at radius 2 is 0.531 bits per heavy atom. The van der Waals surface area contributed by atoms with Crippen LogP contribution in [0.3, 0.4) is 0 Å². The van der Waals surface area contributed by atoms with Crippen LogP contribution in [0.15, 0.2) is 72.8 Å². The lowest BCUT2D eigenvalue weighted by Gasteiger charge is -2.31. The molecule has 2 aromatic carbocycles. The van der Waals surface area contributed by atoms with Gasteiger partial charge in [0.15, 0.2) is 26.0 Å². The summed E-state index contributed by atoms with van der Waals surface area (Å²) in [5.74, 6) is 0. The number of hydrogen-bond acceptors (Lipinski definition) is 0. The Morgan fingerprint density at radius 3 is 0.656 bits per heavy atom. The molecule has 0 atom stereocenters. The van der Waals surface area contributed by atoms with E-state index < -0.39 is 26.0 Å². The van der Waals surface area contributed by atoms with Crippen molar-refractivity contribution in [2.45, 2.75) is 26.0 Å². The topological polar surface area (TPSA) is 0 Å². The highest BCUT2D eigenvalue weighted by Gasteiger charge is 2.63. The first-order valence-corrected chi connectivity index (χ1v) is 13.0. The van der Waals surface area contributed by atoms with Gasteiger partial charge in [0.25, 0.3) is 0 Å². The molecular weight excluding hydrogens is 666 g/mol. The Labute approximate surface area is 246 Å². The van der Waals surface area contributed by atoms with E-state index >= 15 is 0 Å². The Morgan fingerprint density at radius 1 is 0.344 bits per heavy atom. The largest absolute Gasteiger partial charge is 0.190 e. The fraction of sp³-hybridized carbons (Fsp3) is 0.300. The zero-order chi connectivity index (χ0) is 24.6. The number of halogens is 12. The van der Waals surface area contributed by atoms with Gasteiger partial charge in [-0.25, -0.2) is 0 Å². The number of allylic oxidation sites excluding steroid dienone is 4. The summed E-state index contributed by atoms with van der Waals surface area (Å²) in [6, 6.07) is 16.7. The van der Waals surface area contributed by atoms with E-state index in [0.29, 0.717) is 0 Å². The molecule has 176 valence electrons. The van der Waals surface area contributed by atoms with E-state index in [4.69, 9.17) is 139 Å². The summed E-state index contributed by atoms with van der Waals surface area (Å²) >= 11 is 68.4. The molecule has 0 aliphatic heterocycles. The summed E-state index contributed by atoms with van der Waals surface area (Å²) in [6.07, 6.45) is 5.43. The molecule has 0 saturated heterocycles. The zero-order valence-electron chi connectivity index (χ0n) is 15.5. The summed E-state index contributed by atoms with van der Waals surface area (Å²) < 4.78 is -9.02. The minimum atomic E-state index is -1.62. The van der Waals surface area contributed by atoms with Crippen molar-refractivity contribution in [3.05, 3.63) is 72.8 Å². The first-order valence-electron chi connectivity index (χ1n) is 8.49. The molecule has 32 heavy (non-hydrogen) atoms. The van der Waals surface area contributed by atoms with Gasteiger partial charge in [0, 0.05) is 0 Å². The number of rotatable bonds is 0. The molecule has 4 rings (SSSR count). The number of hydrogen-bond donors (Lipinski definition) is 0. The van der Waals surface area contributed by atoms with Crippen LogP contribution in [-0.2, 0) is 0 Å². The van der Waals surface area contributed by atoms with Crippen LogP contribution in [0.2, 0.25) is 0 Å². The van der Waals surface area contributed by atoms with Crippen LogP contribution in [0.4, 0.5) is 0 Å². The lowest BCUT2D eigenvalue weighted by Crippen LogP contribution is -2.42. The average molecular weight is 678 g/mol. The zero-order valence-corrected chi connectivity index (χ0v) is 24.5. The molecule has 2 aliphatic carbocycles. The molecule has 0 N–H and O–H groups in total. The summed E-state index contributed by atoms with van der Waals surface area (Å²) in [4.78, 5) is 0.